The van der Waals surface area contributed by atoms with Crippen LogP contribution >= 0.6 is 12.0 Å². The Bertz CT molecular complexity index is 351. The molecule has 18 heavy (non-hydrogen) atoms. The number of hydrogen-bond donors (Lipinski definition) is 1. The van der Waals surface area contributed by atoms with E-state index in [1.807, 2.05) is 0 Å². The van der Waals surface area contributed by atoms with Crippen molar-refractivity contribution in [2.45, 2.75) is 30.4 Å². The first-order chi connectivity index (χ1) is 8.29. The highest BCUT2D eigenvalue weighted by Crippen LogP contribution is 2.58. The number of Topliss-reactive ketones (excluding diaryl/α,β-unsaturated/α-hetero) is 1. The molecule has 2 rings (SSSR count). The monoisotopic (exact) mass is 290 g/mol. The van der Waals surface area contributed by atoms with Gasteiger partial charge in [0.25, 0.3) is 0 Å². The Hall–Kier alpha value is -0.380. The summed E-state index contributed by atoms with van der Waals surface area (Å²) >= 11 is -0.940. The molecule has 0 aromatic heterocycles. The molecule has 2 bridgehead atoms. The summed E-state index contributed by atoms with van der Waals surface area (Å²) in [5.74, 6) is -7.24. The fourth-order valence-corrected chi connectivity index (χ4v) is 3.19. The number of halogens is 4. The van der Waals surface area contributed by atoms with Gasteiger partial charge in [-0.1, -0.05) is 5.04 Å². The van der Waals surface area contributed by atoms with E-state index in [1.54, 1.807) is 0 Å². The number of ketones is 1. The van der Waals surface area contributed by atoms with Crippen molar-refractivity contribution in [3.8, 4) is 0 Å². The minimum atomic E-state index is -4.53. The zero-order valence-corrected chi connectivity index (χ0v) is 9.76. The van der Waals surface area contributed by atoms with Crippen molar-refractivity contribution in [1.29, 1.82) is 0 Å². The van der Waals surface area contributed by atoms with Gasteiger partial charge < -0.3 is 0 Å². The number of carbonyl (C=O) groups is 1. The molecular formula is C9H10F4O4S. The Balaban J connectivity index is 2.09. The summed E-state index contributed by atoms with van der Waals surface area (Å²) in [5, 5.41) is 6.11. The Morgan fingerprint density at radius 1 is 1.28 bits per heavy atom. The summed E-state index contributed by atoms with van der Waals surface area (Å²) in [5.41, 5.74) is 0. The lowest BCUT2D eigenvalue weighted by Crippen LogP contribution is -2.47. The molecule has 4 nitrogen and oxygen atoms in total. The number of carbonyl (C=O) groups excluding carboxylic acids is 1. The second kappa shape index (κ2) is 4.62. The van der Waals surface area contributed by atoms with Gasteiger partial charge >= 0.3 is 11.2 Å². The predicted octanol–water partition coefficient (Wildman–Crippen LogP) is 2.90. The van der Waals surface area contributed by atoms with E-state index in [0.717, 1.165) is 0 Å². The van der Waals surface area contributed by atoms with Gasteiger partial charge in [0.1, 0.15) is 17.8 Å². The van der Waals surface area contributed by atoms with Gasteiger partial charge in [0.15, 0.2) is 0 Å². The third kappa shape index (κ3) is 2.13. The van der Waals surface area contributed by atoms with Crippen LogP contribution < -0.4 is 0 Å². The van der Waals surface area contributed by atoms with Gasteiger partial charge in [-0.15, -0.1) is 4.33 Å². The number of fused-ring (bicyclic) bond motifs is 2. The minimum absolute atomic E-state index is 0.0664. The van der Waals surface area contributed by atoms with Crippen molar-refractivity contribution in [3.05, 3.63) is 0 Å². The molecule has 0 aromatic rings. The Kier molecular flexibility index (Phi) is 3.60. The topological polar surface area (TPSA) is 55.8 Å². The van der Waals surface area contributed by atoms with Crippen LogP contribution in [0.25, 0.3) is 0 Å². The molecule has 0 amide bonds. The summed E-state index contributed by atoms with van der Waals surface area (Å²) in [6, 6.07) is 0. The lowest BCUT2D eigenvalue weighted by atomic mass is 9.83. The molecule has 3 atom stereocenters. The second-order valence-corrected chi connectivity index (χ2v) is 5.39. The third-order valence-corrected chi connectivity index (χ3v) is 4.25. The maximum atomic E-state index is 13.7. The first-order valence-electron chi connectivity index (χ1n) is 5.24. The van der Waals surface area contributed by atoms with Crippen molar-refractivity contribution in [2.75, 3.05) is 0 Å². The lowest BCUT2D eigenvalue weighted by molar-refractivity contribution is -0.434. The number of hydrogen-bond acceptors (Lipinski definition) is 5. The van der Waals surface area contributed by atoms with Crippen LogP contribution in [0.2, 0.25) is 0 Å². The quantitative estimate of drug-likeness (QED) is 0.365. The highest BCUT2D eigenvalue weighted by atomic mass is 32.2. The van der Waals surface area contributed by atoms with Gasteiger partial charge in [-0.25, -0.2) is 5.26 Å². The largest absolute Gasteiger partial charge is 0.383 e. The standard InChI is InChI=1S/C9H10F4O4S/c10-8(11,9(12,13)18-17-16-15)6-2-5-1-4(6)3-7(5)14/h4-6,15H,1-3H2. The van der Waals surface area contributed by atoms with E-state index in [9.17, 15) is 22.4 Å². The van der Waals surface area contributed by atoms with E-state index >= 15 is 0 Å². The summed E-state index contributed by atoms with van der Waals surface area (Å²) < 4.78 is 57.4. The molecule has 0 saturated heterocycles. The summed E-state index contributed by atoms with van der Waals surface area (Å²) in [6.45, 7) is 0. The molecule has 2 aliphatic rings. The molecule has 9 heteroatoms. The van der Waals surface area contributed by atoms with E-state index in [1.165, 1.54) is 0 Å². The fraction of sp³-hybridized carbons (Fsp3) is 0.889. The number of alkyl halides is 4. The molecule has 2 saturated carbocycles. The van der Waals surface area contributed by atoms with Gasteiger partial charge in [0.05, 0.1) is 0 Å². The molecule has 1 N–H and O–H groups in total. The summed E-state index contributed by atoms with van der Waals surface area (Å²) in [7, 11) is 0. The van der Waals surface area contributed by atoms with Crippen LogP contribution in [-0.2, 0) is 14.2 Å². The molecule has 0 aromatic carbocycles. The maximum Gasteiger partial charge on any atom is 0.383 e. The van der Waals surface area contributed by atoms with Crippen LogP contribution in [0.4, 0.5) is 17.6 Å². The van der Waals surface area contributed by atoms with E-state index in [4.69, 9.17) is 5.26 Å². The molecule has 0 spiro atoms. The third-order valence-electron chi connectivity index (χ3n) is 3.64. The number of rotatable bonds is 5. The Morgan fingerprint density at radius 2 is 1.94 bits per heavy atom. The molecule has 2 fully saturated rings. The van der Waals surface area contributed by atoms with Crippen LogP contribution in [0.1, 0.15) is 19.3 Å². The fourth-order valence-electron chi connectivity index (χ4n) is 2.81. The SMILES string of the molecule is O=C1CC2CC1CC2C(F)(F)C(F)(F)SOOO. The van der Waals surface area contributed by atoms with Gasteiger partial charge in [-0.05, 0) is 18.8 Å². The van der Waals surface area contributed by atoms with Gasteiger partial charge in [-0.3, -0.25) is 4.79 Å². The average Bonchev–Trinajstić information content (AvgIpc) is 2.84. The van der Waals surface area contributed by atoms with Crippen LogP contribution in [0.5, 0.6) is 0 Å². The molecular weight excluding hydrogens is 280 g/mol. The van der Waals surface area contributed by atoms with Crippen molar-refractivity contribution in [2.24, 2.45) is 17.8 Å². The average molecular weight is 290 g/mol. The first kappa shape index (κ1) is 14.0. The summed E-state index contributed by atoms with van der Waals surface area (Å²) in [6.07, 6.45) is -0.0488. The van der Waals surface area contributed by atoms with E-state index < -0.39 is 41.0 Å². The lowest BCUT2D eigenvalue weighted by Gasteiger charge is -2.33. The maximum absolute atomic E-state index is 13.7. The molecule has 0 heterocycles. The van der Waals surface area contributed by atoms with Crippen molar-refractivity contribution in [1.82, 2.24) is 0 Å². The van der Waals surface area contributed by atoms with E-state index in [0.29, 0.717) is 0 Å². The van der Waals surface area contributed by atoms with Crippen molar-refractivity contribution in [3.63, 3.8) is 0 Å². The molecule has 104 valence electrons. The van der Waals surface area contributed by atoms with Gasteiger partial charge in [-0.2, -0.15) is 17.6 Å². The normalized spacial score (nSPS) is 32.3. The van der Waals surface area contributed by atoms with Crippen LogP contribution in [0.3, 0.4) is 0 Å². The van der Waals surface area contributed by atoms with E-state index in [2.05, 4.69) is 9.37 Å². The Labute approximate surface area is 104 Å². The molecule has 0 aliphatic heterocycles. The first-order valence-corrected chi connectivity index (χ1v) is 5.98. The van der Waals surface area contributed by atoms with Crippen LogP contribution in [-0.4, -0.2) is 22.2 Å². The zero-order valence-electron chi connectivity index (χ0n) is 8.95. The highest BCUT2D eigenvalue weighted by molar-refractivity contribution is 7.95. The van der Waals surface area contributed by atoms with Crippen LogP contribution in [0.15, 0.2) is 0 Å². The smallest absolute Gasteiger partial charge is 0.299 e. The summed E-state index contributed by atoms with van der Waals surface area (Å²) in [4.78, 5) is 11.2. The Morgan fingerprint density at radius 3 is 2.39 bits per heavy atom. The van der Waals surface area contributed by atoms with Crippen molar-refractivity contribution < 1.29 is 37.0 Å². The highest BCUT2D eigenvalue weighted by Gasteiger charge is 2.67. The second-order valence-electron chi connectivity index (χ2n) is 4.57. The molecule has 3 unspecified atom stereocenters. The van der Waals surface area contributed by atoms with E-state index in [-0.39, 0.29) is 25.0 Å². The van der Waals surface area contributed by atoms with Gasteiger partial charge in [0.2, 0.25) is 0 Å². The predicted molar refractivity (Wildman–Crippen MR) is 51.6 cm³/mol. The van der Waals surface area contributed by atoms with Crippen LogP contribution in [0, 0.1) is 17.8 Å². The zero-order chi connectivity index (χ0) is 13.6. The molecule has 0 radical (unpaired) electrons. The van der Waals surface area contributed by atoms with Gasteiger partial charge in [0, 0.05) is 18.3 Å². The van der Waals surface area contributed by atoms with Crippen molar-refractivity contribution >= 4 is 17.8 Å². The minimum Gasteiger partial charge on any atom is -0.299 e. The molecule has 2 aliphatic carbocycles.